The molecule has 0 aliphatic rings. The quantitative estimate of drug-likeness (QED) is 0.755. The zero-order chi connectivity index (χ0) is 16.0. The number of hydrogen-bond donors (Lipinski definition) is 1. The fourth-order valence-electron chi connectivity index (χ4n) is 2.37. The Hall–Kier alpha value is -0.610. The number of aromatic nitrogens is 1. The van der Waals surface area contributed by atoms with Crippen LogP contribution >= 0.6 is 11.3 Å². The molecule has 0 aromatic carbocycles. The summed E-state index contributed by atoms with van der Waals surface area (Å²) in [5, 5.41) is 4.72. The lowest BCUT2D eigenvalue weighted by atomic mass is 10.1. The second-order valence-electron chi connectivity index (χ2n) is 7.23. The van der Waals surface area contributed by atoms with Gasteiger partial charge in [-0.25, -0.2) is 4.98 Å². The first-order valence-electron chi connectivity index (χ1n) is 8.23. The zero-order valence-corrected chi connectivity index (χ0v) is 15.7. The lowest BCUT2D eigenvalue weighted by molar-refractivity contribution is 0.426. The molecule has 0 aliphatic heterocycles. The Labute approximate surface area is 135 Å². The third-order valence-electron chi connectivity index (χ3n) is 3.53. The number of anilines is 1. The van der Waals surface area contributed by atoms with E-state index < -0.39 is 0 Å². The molecule has 0 amide bonds. The predicted molar refractivity (Wildman–Crippen MR) is 95.3 cm³/mol. The summed E-state index contributed by atoms with van der Waals surface area (Å²) < 4.78 is 0. The van der Waals surface area contributed by atoms with Crippen molar-refractivity contribution in [3.8, 4) is 0 Å². The van der Waals surface area contributed by atoms with Gasteiger partial charge in [0.2, 0.25) is 0 Å². The van der Waals surface area contributed by atoms with Crippen molar-refractivity contribution < 1.29 is 0 Å². The highest BCUT2D eigenvalue weighted by molar-refractivity contribution is 7.15. The van der Waals surface area contributed by atoms with Gasteiger partial charge in [-0.3, -0.25) is 0 Å². The molecule has 1 heterocycles. The van der Waals surface area contributed by atoms with Crippen molar-refractivity contribution in [2.75, 3.05) is 11.4 Å². The summed E-state index contributed by atoms with van der Waals surface area (Å²) in [5.74, 6) is 0.658. The van der Waals surface area contributed by atoms with E-state index in [1.807, 2.05) is 17.5 Å². The van der Waals surface area contributed by atoms with Crippen molar-refractivity contribution in [1.82, 2.24) is 10.3 Å². The fraction of sp³-hybridized carbons (Fsp3) is 0.824. The minimum atomic E-state index is 0.150. The second kappa shape index (κ2) is 8.14. The van der Waals surface area contributed by atoms with E-state index in [9.17, 15) is 0 Å². The van der Waals surface area contributed by atoms with E-state index in [0.29, 0.717) is 12.0 Å². The molecule has 122 valence electrons. The van der Waals surface area contributed by atoms with Gasteiger partial charge in [-0.15, -0.1) is 11.3 Å². The van der Waals surface area contributed by atoms with Crippen LogP contribution < -0.4 is 10.2 Å². The summed E-state index contributed by atoms with van der Waals surface area (Å²) in [6.07, 6.45) is 4.39. The van der Waals surface area contributed by atoms with Crippen molar-refractivity contribution >= 4 is 16.5 Å². The van der Waals surface area contributed by atoms with Crippen molar-refractivity contribution in [2.45, 2.75) is 79.4 Å². The van der Waals surface area contributed by atoms with E-state index in [1.165, 1.54) is 22.9 Å². The Morgan fingerprint density at radius 1 is 1.24 bits per heavy atom. The van der Waals surface area contributed by atoms with Gasteiger partial charge in [-0.2, -0.15) is 0 Å². The molecule has 21 heavy (non-hydrogen) atoms. The van der Waals surface area contributed by atoms with Gasteiger partial charge in [0.05, 0.1) is 0 Å². The molecule has 0 saturated heterocycles. The van der Waals surface area contributed by atoms with Crippen LogP contribution in [-0.2, 0) is 6.54 Å². The molecule has 0 radical (unpaired) electrons. The van der Waals surface area contributed by atoms with Crippen LogP contribution in [-0.4, -0.2) is 23.1 Å². The Kier molecular flexibility index (Phi) is 7.14. The molecule has 0 bridgehead atoms. The standard InChI is InChI=1S/C17H33N3S/c1-8-14(9-2)20(12-13(3)4)16-18-10-15(21-16)11-19-17(5,6)7/h10,13-14,19H,8-9,11-12H2,1-7H3. The predicted octanol–water partition coefficient (Wildman–Crippen LogP) is 4.68. The van der Waals surface area contributed by atoms with Crippen LogP contribution in [0.3, 0.4) is 0 Å². The van der Waals surface area contributed by atoms with Gasteiger partial charge in [-0.1, -0.05) is 27.7 Å². The van der Waals surface area contributed by atoms with Crippen LogP contribution in [0.15, 0.2) is 6.20 Å². The fourth-order valence-corrected chi connectivity index (χ4v) is 3.30. The van der Waals surface area contributed by atoms with E-state index in [1.54, 1.807) is 0 Å². The van der Waals surface area contributed by atoms with E-state index in [-0.39, 0.29) is 5.54 Å². The highest BCUT2D eigenvalue weighted by Gasteiger charge is 2.20. The molecule has 1 N–H and O–H groups in total. The smallest absolute Gasteiger partial charge is 0.185 e. The summed E-state index contributed by atoms with van der Waals surface area (Å²) in [6, 6.07) is 0.599. The molecule has 0 saturated carbocycles. The molecular formula is C17H33N3S. The van der Waals surface area contributed by atoms with Crippen LogP contribution in [0.1, 0.15) is 66.2 Å². The topological polar surface area (TPSA) is 28.2 Å². The SMILES string of the molecule is CCC(CC)N(CC(C)C)c1ncc(CNC(C)(C)C)s1. The Morgan fingerprint density at radius 3 is 2.33 bits per heavy atom. The van der Waals surface area contributed by atoms with Crippen LogP contribution in [0, 0.1) is 5.92 Å². The van der Waals surface area contributed by atoms with Gasteiger partial charge in [0.25, 0.3) is 0 Å². The molecule has 0 unspecified atom stereocenters. The minimum Gasteiger partial charge on any atom is -0.345 e. The number of nitrogens with one attached hydrogen (secondary N) is 1. The average molecular weight is 312 g/mol. The zero-order valence-electron chi connectivity index (χ0n) is 14.9. The first-order valence-corrected chi connectivity index (χ1v) is 9.04. The molecular weight excluding hydrogens is 278 g/mol. The van der Waals surface area contributed by atoms with E-state index in [4.69, 9.17) is 4.98 Å². The lowest BCUT2D eigenvalue weighted by Crippen LogP contribution is -2.37. The maximum Gasteiger partial charge on any atom is 0.185 e. The third kappa shape index (κ3) is 6.35. The van der Waals surface area contributed by atoms with Gasteiger partial charge in [0.1, 0.15) is 0 Å². The maximum atomic E-state index is 4.69. The number of thiazole rings is 1. The van der Waals surface area contributed by atoms with Crippen molar-refractivity contribution in [2.24, 2.45) is 5.92 Å². The van der Waals surface area contributed by atoms with Crippen LogP contribution in [0.4, 0.5) is 5.13 Å². The van der Waals surface area contributed by atoms with E-state index in [0.717, 1.165) is 13.1 Å². The molecule has 4 heteroatoms. The largest absolute Gasteiger partial charge is 0.345 e. The van der Waals surface area contributed by atoms with Gasteiger partial charge in [0, 0.05) is 35.7 Å². The molecule has 0 aliphatic carbocycles. The molecule has 3 nitrogen and oxygen atoms in total. The molecule has 0 spiro atoms. The van der Waals surface area contributed by atoms with Crippen LogP contribution in [0.25, 0.3) is 0 Å². The van der Waals surface area contributed by atoms with E-state index in [2.05, 4.69) is 58.7 Å². The number of rotatable bonds is 8. The summed E-state index contributed by atoms with van der Waals surface area (Å²) in [6.45, 7) is 17.7. The van der Waals surface area contributed by atoms with Crippen molar-refractivity contribution in [1.29, 1.82) is 0 Å². The summed E-state index contributed by atoms with van der Waals surface area (Å²) >= 11 is 1.84. The summed E-state index contributed by atoms with van der Waals surface area (Å²) in [7, 11) is 0. The van der Waals surface area contributed by atoms with Gasteiger partial charge in [0.15, 0.2) is 5.13 Å². The molecule has 1 aromatic heterocycles. The van der Waals surface area contributed by atoms with Gasteiger partial charge >= 0.3 is 0 Å². The minimum absolute atomic E-state index is 0.150. The van der Waals surface area contributed by atoms with Crippen LogP contribution in [0.5, 0.6) is 0 Å². The third-order valence-corrected chi connectivity index (χ3v) is 4.56. The van der Waals surface area contributed by atoms with Gasteiger partial charge in [-0.05, 0) is 39.5 Å². The highest BCUT2D eigenvalue weighted by Crippen LogP contribution is 2.27. The Bertz CT molecular complexity index is 402. The molecule has 0 fully saturated rings. The summed E-state index contributed by atoms with van der Waals surface area (Å²) in [5.41, 5.74) is 0.150. The highest BCUT2D eigenvalue weighted by atomic mass is 32.1. The Morgan fingerprint density at radius 2 is 1.86 bits per heavy atom. The first kappa shape index (κ1) is 18.4. The van der Waals surface area contributed by atoms with Crippen molar-refractivity contribution in [3.63, 3.8) is 0 Å². The average Bonchev–Trinajstić information content (AvgIpc) is 2.84. The lowest BCUT2D eigenvalue weighted by Gasteiger charge is -2.31. The number of nitrogens with zero attached hydrogens (tertiary/aromatic N) is 2. The Balaban J connectivity index is 2.81. The monoisotopic (exact) mass is 311 g/mol. The van der Waals surface area contributed by atoms with Crippen molar-refractivity contribution in [3.05, 3.63) is 11.1 Å². The second-order valence-corrected chi connectivity index (χ2v) is 8.32. The first-order chi connectivity index (χ1) is 9.76. The van der Waals surface area contributed by atoms with Crippen LogP contribution in [0.2, 0.25) is 0 Å². The molecule has 0 atom stereocenters. The summed E-state index contributed by atoms with van der Waals surface area (Å²) in [4.78, 5) is 8.52. The van der Waals surface area contributed by atoms with E-state index >= 15 is 0 Å². The number of hydrogen-bond acceptors (Lipinski definition) is 4. The maximum absolute atomic E-state index is 4.69. The normalized spacial score (nSPS) is 12.4. The van der Waals surface area contributed by atoms with Gasteiger partial charge < -0.3 is 10.2 Å². The molecule has 1 aromatic rings. The molecule has 1 rings (SSSR count).